The Morgan fingerprint density at radius 1 is 1.18 bits per heavy atom. The van der Waals surface area contributed by atoms with Crippen molar-refractivity contribution in [2.45, 2.75) is 32.7 Å². The maximum Gasteiger partial charge on any atom is 0.179 e. The van der Waals surface area contributed by atoms with Crippen molar-refractivity contribution < 1.29 is 13.0 Å². The Balaban J connectivity index is 1.25. The maximum absolute atomic E-state index is 14.8. The number of halogens is 1. The number of rotatable bonds is 8. The predicted octanol–water partition coefficient (Wildman–Crippen LogP) is 4.22. The number of benzene rings is 1. The molecule has 1 aliphatic heterocycles. The number of aromatic amines is 1. The highest BCUT2D eigenvalue weighted by atomic mass is 32.2. The van der Waals surface area contributed by atoms with Crippen LogP contribution in [0.3, 0.4) is 0 Å². The lowest BCUT2D eigenvalue weighted by Crippen LogP contribution is -2.38. The van der Waals surface area contributed by atoms with Crippen molar-refractivity contribution in [3.05, 3.63) is 71.3 Å². The zero-order valence-electron chi connectivity index (χ0n) is 19.1. The van der Waals surface area contributed by atoms with E-state index in [1.807, 2.05) is 29.4 Å². The molecule has 1 fully saturated rings. The SMILES string of the molecule is CCc1coc(CCc2nc3nccc(NCc4ccc(N5CCS(=O)CC5)c(F)c4)c3[nH]2)c1. The monoisotopic (exact) mass is 481 g/mol. The van der Waals surface area contributed by atoms with Crippen LogP contribution in [-0.2, 0) is 36.6 Å². The molecule has 178 valence electrons. The lowest BCUT2D eigenvalue weighted by Gasteiger charge is -2.28. The smallest absolute Gasteiger partial charge is 0.179 e. The number of pyridine rings is 1. The Kier molecular flexibility index (Phi) is 6.62. The van der Waals surface area contributed by atoms with Crippen LogP contribution in [0.15, 0.2) is 47.2 Å². The first-order valence-corrected chi connectivity index (χ1v) is 13.1. The molecular weight excluding hydrogens is 453 g/mol. The largest absolute Gasteiger partial charge is 0.469 e. The molecule has 34 heavy (non-hydrogen) atoms. The first-order valence-electron chi connectivity index (χ1n) is 11.6. The number of furan rings is 1. The van der Waals surface area contributed by atoms with Gasteiger partial charge in [0.05, 0.1) is 17.6 Å². The Morgan fingerprint density at radius 3 is 2.79 bits per heavy atom. The van der Waals surface area contributed by atoms with Crippen molar-refractivity contribution in [3.8, 4) is 0 Å². The van der Waals surface area contributed by atoms with Crippen molar-refractivity contribution >= 4 is 33.3 Å². The summed E-state index contributed by atoms with van der Waals surface area (Å²) in [5.74, 6) is 2.73. The first kappa shape index (κ1) is 22.6. The fraction of sp³-hybridized carbons (Fsp3) is 0.360. The Bertz CT molecular complexity index is 1310. The molecule has 2 N–H and O–H groups in total. The summed E-state index contributed by atoms with van der Waals surface area (Å²) in [6.07, 6.45) is 5.98. The Labute approximate surface area is 200 Å². The third-order valence-corrected chi connectivity index (χ3v) is 7.45. The molecule has 0 spiro atoms. The molecule has 0 atom stereocenters. The van der Waals surface area contributed by atoms with Gasteiger partial charge in [-0.3, -0.25) is 4.21 Å². The summed E-state index contributed by atoms with van der Waals surface area (Å²) in [7, 11) is -0.783. The van der Waals surface area contributed by atoms with Gasteiger partial charge in [-0.05, 0) is 41.8 Å². The molecule has 0 unspecified atom stereocenters. The number of nitrogens with zero attached hydrogens (tertiary/aromatic N) is 3. The molecule has 1 aromatic carbocycles. The Morgan fingerprint density at radius 2 is 2.03 bits per heavy atom. The summed E-state index contributed by atoms with van der Waals surface area (Å²) in [6, 6.07) is 9.29. The molecule has 1 aliphatic rings. The lowest BCUT2D eigenvalue weighted by molar-refractivity contribution is 0.505. The summed E-state index contributed by atoms with van der Waals surface area (Å²) < 4.78 is 32.0. The van der Waals surface area contributed by atoms with Gasteiger partial charge in [-0.1, -0.05) is 13.0 Å². The van der Waals surface area contributed by atoms with E-state index in [-0.39, 0.29) is 5.82 Å². The van der Waals surface area contributed by atoms with Gasteiger partial charge in [-0.25, -0.2) is 14.4 Å². The highest BCUT2D eigenvalue weighted by molar-refractivity contribution is 7.85. The summed E-state index contributed by atoms with van der Waals surface area (Å²) >= 11 is 0. The second kappa shape index (κ2) is 9.97. The van der Waals surface area contributed by atoms with Crippen molar-refractivity contribution in [1.29, 1.82) is 0 Å². The third kappa shape index (κ3) is 4.99. The van der Waals surface area contributed by atoms with Gasteiger partial charge in [0, 0.05) is 61.0 Å². The van der Waals surface area contributed by atoms with Crippen molar-refractivity contribution in [2.75, 3.05) is 34.8 Å². The number of aryl methyl sites for hydroxylation is 3. The molecule has 5 rings (SSSR count). The quantitative estimate of drug-likeness (QED) is 0.392. The summed E-state index contributed by atoms with van der Waals surface area (Å²) in [4.78, 5) is 14.3. The minimum Gasteiger partial charge on any atom is -0.469 e. The highest BCUT2D eigenvalue weighted by Crippen LogP contribution is 2.24. The second-order valence-corrected chi connectivity index (χ2v) is 10.2. The lowest BCUT2D eigenvalue weighted by atomic mass is 10.1. The zero-order chi connectivity index (χ0) is 23.5. The van der Waals surface area contributed by atoms with E-state index in [0.717, 1.165) is 47.6 Å². The van der Waals surface area contributed by atoms with Crippen LogP contribution in [0, 0.1) is 5.82 Å². The second-order valence-electron chi connectivity index (χ2n) is 8.49. The molecular formula is C25H28FN5O2S. The predicted molar refractivity (Wildman–Crippen MR) is 133 cm³/mol. The van der Waals surface area contributed by atoms with E-state index in [4.69, 9.17) is 4.42 Å². The van der Waals surface area contributed by atoms with Gasteiger partial charge in [-0.15, -0.1) is 0 Å². The van der Waals surface area contributed by atoms with E-state index >= 15 is 0 Å². The normalized spacial score (nSPS) is 14.7. The third-order valence-electron chi connectivity index (χ3n) is 6.18. The maximum atomic E-state index is 14.8. The van der Waals surface area contributed by atoms with Gasteiger partial charge >= 0.3 is 0 Å². The van der Waals surface area contributed by atoms with Gasteiger partial charge in [0.25, 0.3) is 0 Å². The minimum absolute atomic E-state index is 0.250. The van der Waals surface area contributed by atoms with Crippen LogP contribution in [0.4, 0.5) is 15.8 Å². The molecule has 0 bridgehead atoms. The van der Waals surface area contributed by atoms with E-state index in [0.29, 0.717) is 42.5 Å². The van der Waals surface area contributed by atoms with Crippen LogP contribution in [0.25, 0.3) is 11.2 Å². The molecule has 0 radical (unpaired) electrons. The van der Waals surface area contributed by atoms with E-state index < -0.39 is 10.8 Å². The molecule has 3 aromatic heterocycles. The molecule has 0 aliphatic carbocycles. The first-order chi connectivity index (χ1) is 16.6. The van der Waals surface area contributed by atoms with Crippen LogP contribution in [0.1, 0.15) is 29.6 Å². The molecule has 7 nitrogen and oxygen atoms in total. The van der Waals surface area contributed by atoms with Crippen molar-refractivity contribution in [2.24, 2.45) is 0 Å². The summed E-state index contributed by atoms with van der Waals surface area (Å²) in [5, 5.41) is 3.38. The van der Waals surface area contributed by atoms with Gasteiger partial charge in [0.2, 0.25) is 0 Å². The molecule has 0 amide bonds. The number of nitrogens with one attached hydrogen (secondary N) is 2. The minimum atomic E-state index is -0.783. The van der Waals surface area contributed by atoms with E-state index in [1.54, 1.807) is 12.3 Å². The van der Waals surface area contributed by atoms with Gasteiger partial charge in [0.15, 0.2) is 5.65 Å². The number of H-pyrrole nitrogens is 1. The fourth-order valence-corrected chi connectivity index (χ4v) is 5.25. The number of anilines is 2. The van der Waals surface area contributed by atoms with Gasteiger partial charge in [0.1, 0.15) is 22.9 Å². The van der Waals surface area contributed by atoms with Crippen LogP contribution >= 0.6 is 0 Å². The van der Waals surface area contributed by atoms with Gasteiger partial charge < -0.3 is 19.6 Å². The van der Waals surface area contributed by atoms with Crippen molar-refractivity contribution in [1.82, 2.24) is 15.0 Å². The summed E-state index contributed by atoms with van der Waals surface area (Å²) in [6.45, 7) is 3.83. The van der Waals surface area contributed by atoms with Crippen LogP contribution < -0.4 is 10.2 Å². The Hall–Kier alpha value is -3.20. The van der Waals surface area contributed by atoms with Crippen molar-refractivity contribution in [3.63, 3.8) is 0 Å². The van der Waals surface area contributed by atoms with Crippen LogP contribution in [-0.4, -0.2) is 43.8 Å². The number of hydrogen-bond donors (Lipinski definition) is 2. The highest BCUT2D eigenvalue weighted by Gasteiger charge is 2.18. The number of imidazole rings is 1. The molecule has 0 saturated carbocycles. The summed E-state index contributed by atoms with van der Waals surface area (Å²) in [5.41, 5.74) is 4.98. The molecule has 9 heteroatoms. The standard InChI is InChI=1S/C25H28FN5O2S/c1-2-17-13-19(33-16-17)4-6-23-29-24-21(7-8-27-25(24)30-23)28-15-18-3-5-22(20(26)14-18)31-9-11-34(32)12-10-31/h3,5,7-8,13-14,16H,2,4,6,9-12,15H2,1H3,(H2,27,28,29,30). The van der Waals surface area contributed by atoms with Crippen LogP contribution in [0.2, 0.25) is 0 Å². The molecule has 4 aromatic rings. The average molecular weight is 482 g/mol. The number of hydrogen-bond acceptors (Lipinski definition) is 6. The number of fused-ring (bicyclic) bond motifs is 1. The van der Waals surface area contributed by atoms with E-state index in [9.17, 15) is 8.60 Å². The molecule has 1 saturated heterocycles. The molecule has 4 heterocycles. The average Bonchev–Trinajstić information content (AvgIpc) is 3.49. The van der Waals surface area contributed by atoms with E-state index in [2.05, 4.69) is 33.3 Å². The van der Waals surface area contributed by atoms with E-state index in [1.165, 1.54) is 5.56 Å². The van der Waals surface area contributed by atoms with Gasteiger partial charge in [-0.2, -0.15) is 0 Å². The number of aromatic nitrogens is 3. The fourth-order valence-electron chi connectivity index (χ4n) is 4.20. The van der Waals surface area contributed by atoms with Crippen LogP contribution in [0.5, 0.6) is 0 Å². The topological polar surface area (TPSA) is 87.1 Å². The zero-order valence-corrected chi connectivity index (χ0v) is 20.0.